The minimum Gasteiger partial charge on any atom is -0.482 e. The quantitative estimate of drug-likeness (QED) is 0.308. The molecule has 0 N–H and O–H groups in total. The van der Waals surface area contributed by atoms with Gasteiger partial charge in [-0.3, -0.25) is 4.79 Å². The number of rotatable bonds is 4. The van der Waals surface area contributed by atoms with Crippen LogP contribution < -0.4 is 10.4 Å². The van der Waals surface area contributed by atoms with E-state index in [1.807, 2.05) is 36.4 Å². The van der Waals surface area contributed by atoms with Crippen molar-refractivity contribution in [3.63, 3.8) is 0 Å². The molecular weight excluding hydrogens is 328 g/mol. The van der Waals surface area contributed by atoms with Crippen molar-refractivity contribution in [2.24, 2.45) is 0 Å². The Kier molecular flexibility index (Phi) is 4.01. The Balaban J connectivity index is 1.69. The van der Waals surface area contributed by atoms with Gasteiger partial charge in [0.05, 0.1) is 5.39 Å². The van der Waals surface area contributed by atoms with Crippen LogP contribution in [0, 0.1) is 0 Å². The molecule has 1 heterocycles. The Morgan fingerprint density at radius 2 is 1.58 bits per heavy atom. The number of Topliss-reactive ketones (excluding diaryl/α,β-unsaturated/α-hetero) is 1. The Bertz CT molecular complexity index is 1160. The average molecular weight is 344 g/mol. The predicted molar refractivity (Wildman–Crippen MR) is 101 cm³/mol. The SMILES string of the molecule is C[C@@H](Oc1ccc2c(c1)oc(=O)c1ccccc12)C(=O)c1ccccc1. The fraction of sp³-hybridized carbons (Fsp3) is 0.0909. The van der Waals surface area contributed by atoms with Gasteiger partial charge in [0.1, 0.15) is 11.3 Å². The molecule has 0 unspecified atom stereocenters. The summed E-state index contributed by atoms with van der Waals surface area (Å²) in [6, 6.07) is 21.6. The first-order valence-corrected chi connectivity index (χ1v) is 8.35. The number of carbonyl (C=O) groups is 1. The molecule has 0 aliphatic rings. The molecule has 0 fully saturated rings. The fourth-order valence-electron chi connectivity index (χ4n) is 3.03. The zero-order chi connectivity index (χ0) is 18.1. The number of hydrogen-bond donors (Lipinski definition) is 0. The van der Waals surface area contributed by atoms with E-state index >= 15 is 0 Å². The first kappa shape index (κ1) is 16.1. The molecule has 4 aromatic rings. The van der Waals surface area contributed by atoms with Gasteiger partial charge in [-0.05, 0) is 30.5 Å². The molecular formula is C22H16O4. The van der Waals surface area contributed by atoms with Gasteiger partial charge in [-0.2, -0.15) is 0 Å². The maximum atomic E-state index is 12.4. The van der Waals surface area contributed by atoms with Crippen LogP contribution in [0.4, 0.5) is 0 Å². The zero-order valence-corrected chi connectivity index (χ0v) is 14.1. The molecule has 0 radical (unpaired) electrons. The summed E-state index contributed by atoms with van der Waals surface area (Å²) in [6.45, 7) is 1.70. The summed E-state index contributed by atoms with van der Waals surface area (Å²) in [4.78, 5) is 24.6. The standard InChI is InChI=1S/C22H16O4/c1-14(21(23)15-7-3-2-4-8-15)25-16-11-12-18-17-9-5-6-10-19(17)22(24)26-20(18)13-16/h2-14H,1H3/t14-/m1/s1. The van der Waals surface area contributed by atoms with Crippen LogP contribution in [-0.2, 0) is 0 Å². The van der Waals surface area contributed by atoms with Gasteiger partial charge in [-0.15, -0.1) is 0 Å². The molecule has 0 spiro atoms. The third-order valence-corrected chi connectivity index (χ3v) is 4.33. The van der Waals surface area contributed by atoms with Gasteiger partial charge in [0, 0.05) is 17.0 Å². The van der Waals surface area contributed by atoms with Crippen molar-refractivity contribution >= 4 is 27.5 Å². The Hall–Kier alpha value is -3.40. The number of benzene rings is 3. The zero-order valence-electron chi connectivity index (χ0n) is 14.1. The van der Waals surface area contributed by atoms with Gasteiger partial charge in [0.2, 0.25) is 5.78 Å². The highest BCUT2D eigenvalue weighted by molar-refractivity contribution is 6.04. The predicted octanol–water partition coefficient (Wildman–Crippen LogP) is 4.60. The van der Waals surface area contributed by atoms with Crippen LogP contribution in [-0.4, -0.2) is 11.9 Å². The van der Waals surface area contributed by atoms with Gasteiger partial charge in [-0.25, -0.2) is 4.79 Å². The molecule has 26 heavy (non-hydrogen) atoms. The summed E-state index contributed by atoms with van der Waals surface area (Å²) >= 11 is 0. The van der Waals surface area contributed by atoms with Gasteiger partial charge in [0.15, 0.2) is 6.10 Å². The van der Waals surface area contributed by atoms with E-state index in [2.05, 4.69) is 0 Å². The fourth-order valence-corrected chi connectivity index (χ4v) is 3.03. The van der Waals surface area contributed by atoms with E-state index in [-0.39, 0.29) is 5.78 Å². The molecule has 4 heteroatoms. The van der Waals surface area contributed by atoms with E-state index in [9.17, 15) is 9.59 Å². The molecule has 0 amide bonds. The van der Waals surface area contributed by atoms with Crippen molar-refractivity contribution in [3.8, 4) is 5.75 Å². The van der Waals surface area contributed by atoms with E-state index in [0.717, 1.165) is 10.8 Å². The molecule has 1 aromatic heterocycles. The molecule has 4 rings (SSSR count). The topological polar surface area (TPSA) is 56.5 Å². The van der Waals surface area contributed by atoms with E-state index in [1.165, 1.54) is 0 Å². The molecule has 0 aliphatic heterocycles. The summed E-state index contributed by atoms with van der Waals surface area (Å²) in [7, 11) is 0. The second kappa shape index (κ2) is 6.48. The maximum Gasteiger partial charge on any atom is 0.344 e. The van der Waals surface area contributed by atoms with Crippen LogP contribution in [0.2, 0.25) is 0 Å². The minimum atomic E-state index is -0.651. The molecule has 0 aliphatic carbocycles. The van der Waals surface area contributed by atoms with Crippen molar-refractivity contribution in [2.75, 3.05) is 0 Å². The Morgan fingerprint density at radius 1 is 0.885 bits per heavy atom. The largest absolute Gasteiger partial charge is 0.482 e. The summed E-state index contributed by atoms with van der Waals surface area (Å²) in [5.74, 6) is 0.373. The van der Waals surface area contributed by atoms with Crippen LogP contribution in [0.25, 0.3) is 21.7 Å². The van der Waals surface area contributed by atoms with Gasteiger partial charge in [-0.1, -0.05) is 48.5 Å². The normalized spacial score (nSPS) is 12.2. The van der Waals surface area contributed by atoms with Crippen LogP contribution in [0.1, 0.15) is 17.3 Å². The lowest BCUT2D eigenvalue weighted by Gasteiger charge is -2.14. The lowest BCUT2D eigenvalue weighted by Crippen LogP contribution is -2.23. The van der Waals surface area contributed by atoms with E-state index in [4.69, 9.17) is 9.15 Å². The number of hydrogen-bond acceptors (Lipinski definition) is 4. The summed E-state index contributed by atoms with van der Waals surface area (Å²) in [5, 5.41) is 2.20. The highest BCUT2D eigenvalue weighted by Gasteiger charge is 2.17. The summed E-state index contributed by atoms with van der Waals surface area (Å²) in [5.41, 5.74) is 0.641. The van der Waals surface area contributed by atoms with Crippen molar-refractivity contribution in [2.45, 2.75) is 13.0 Å². The Morgan fingerprint density at radius 3 is 2.35 bits per heavy atom. The molecule has 128 valence electrons. The molecule has 1 atom stereocenters. The molecule has 3 aromatic carbocycles. The van der Waals surface area contributed by atoms with E-state index in [1.54, 1.807) is 43.3 Å². The second-order valence-corrected chi connectivity index (χ2v) is 6.08. The van der Waals surface area contributed by atoms with E-state index in [0.29, 0.717) is 22.3 Å². The lowest BCUT2D eigenvalue weighted by molar-refractivity contribution is 0.0818. The smallest absolute Gasteiger partial charge is 0.344 e. The molecule has 0 saturated carbocycles. The van der Waals surface area contributed by atoms with Crippen LogP contribution >= 0.6 is 0 Å². The van der Waals surface area contributed by atoms with Gasteiger partial charge in [0.25, 0.3) is 0 Å². The molecule has 0 saturated heterocycles. The van der Waals surface area contributed by atoms with Crippen molar-refractivity contribution in [1.29, 1.82) is 0 Å². The minimum absolute atomic E-state index is 0.106. The van der Waals surface area contributed by atoms with E-state index < -0.39 is 11.7 Å². The maximum absolute atomic E-state index is 12.4. The monoisotopic (exact) mass is 344 g/mol. The number of fused-ring (bicyclic) bond motifs is 3. The number of ketones is 1. The van der Waals surface area contributed by atoms with Crippen LogP contribution in [0.15, 0.2) is 82.0 Å². The highest BCUT2D eigenvalue weighted by Crippen LogP contribution is 2.27. The van der Waals surface area contributed by atoms with Crippen LogP contribution in [0.5, 0.6) is 5.75 Å². The lowest BCUT2D eigenvalue weighted by atomic mass is 10.1. The summed E-state index contributed by atoms with van der Waals surface area (Å²) < 4.78 is 11.2. The van der Waals surface area contributed by atoms with Gasteiger partial charge < -0.3 is 9.15 Å². The molecule has 4 nitrogen and oxygen atoms in total. The second-order valence-electron chi connectivity index (χ2n) is 6.08. The first-order valence-electron chi connectivity index (χ1n) is 8.35. The van der Waals surface area contributed by atoms with Crippen molar-refractivity contribution in [1.82, 2.24) is 0 Å². The van der Waals surface area contributed by atoms with Gasteiger partial charge >= 0.3 is 5.63 Å². The Labute approximate surface area is 149 Å². The average Bonchev–Trinajstić information content (AvgIpc) is 2.68. The van der Waals surface area contributed by atoms with Crippen molar-refractivity contribution < 1.29 is 13.9 Å². The van der Waals surface area contributed by atoms with Crippen LogP contribution in [0.3, 0.4) is 0 Å². The van der Waals surface area contributed by atoms with Crippen molar-refractivity contribution in [3.05, 3.63) is 88.8 Å². The first-order chi connectivity index (χ1) is 12.6. The highest BCUT2D eigenvalue weighted by atomic mass is 16.5. The number of carbonyl (C=O) groups excluding carboxylic acids is 1. The molecule has 0 bridgehead atoms. The third kappa shape index (κ3) is 2.86. The third-order valence-electron chi connectivity index (χ3n) is 4.33. The number of ether oxygens (including phenoxy) is 1. The summed E-state index contributed by atoms with van der Waals surface area (Å²) in [6.07, 6.45) is -0.651.